The minimum absolute atomic E-state index is 0.0211. The van der Waals surface area contributed by atoms with Crippen LogP contribution in [0.1, 0.15) is 75.5 Å². The molecule has 2 aromatic heterocycles. The van der Waals surface area contributed by atoms with Gasteiger partial charge in [-0.15, -0.1) is 0 Å². The lowest BCUT2D eigenvalue weighted by atomic mass is 9.89. The quantitative estimate of drug-likeness (QED) is 0.114. The second-order valence-electron chi connectivity index (χ2n) is 17.4. The number of carbonyl (C=O) groups is 4. The van der Waals surface area contributed by atoms with E-state index in [1.54, 1.807) is 43.0 Å². The number of urea groups is 1. The third-order valence-corrected chi connectivity index (χ3v) is 11.7. The Labute approximate surface area is 362 Å². The molecule has 2 atom stereocenters. The number of likely N-dealkylation sites (tertiary alicyclic amines) is 1. The van der Waals surface area contributed by atoms with E-state index >= 15 is 0 Å². The zero-order chi connectivity index (χ0) is 43.8. The number of aromatic amines is 1. The standard InChI is InChI=1S/C46H59N9O7/c1-30-25-31(27-39-40(30)49-29-61-39)26-38(52-44(59)55-19-14-32(15-20-55)35-28-33-9-5-6-10-36(33)50-41(35)56)42(57)51-37(11-7-8-16-48-45(60)62-46(2,3)4)43(58)54-23-21-53(22-24-54)34-12-17-47-18-13-34/h5-6,9-10,12-13,17-18,25,27-28,32,37-38,49H,7-8,11,14-16,19-24,26,29H2,1-4H3,(H,48,60)(H,50,56)(H,51,57)(H,52,59)/t37-,38+/m0/s1. The van der Waals surface area contributed by atoms with E-state index in [9.17, 15) is 24.0 Å². The smallest absolute Gasteiger partial charge is 0.407 e. The summed E-state index contributed by atoms with van der Waals surface area (Å²) < 4.78 is 11.2. The van der Waals surface area contributed by atoms with E-state index in [2.05, 4.69) is 36.1 Å². The lowest BCUT2D eigenvalue weighted by Crippen LogP contribution is -2.59. The first-order valence-corrected chi connectivity index (χ1v) is 21.7. The number of para-hydroxylation sites is 1. The van der Waals surface area contributed by atoms with E-state index in [1.165, 1.54) is 0 Å². The van der Waals surface area contributed by atoms with Gasteiger partial charge in [0.2, 0.25) is 11.8 Å². The number of benzene rings is 2. The average molecular weight is 850 g/mol. The van der Waals surface area contributed by atoms with Gasteiger partial charge in [-0.25, -0.2) is 9.59 Å². The number of pyridine rings is 2. The first kappa shape index (κ1) is 43.8. The lowest BCUT2D eigenvalue weighted by Gasteiger charge is -2.38. The van der Waals surface area contributed by atoms with Crippen molar-refractivity contribution >= 4 is 46.2 Å². The topological polar surface area (TPSA) is 190 Å². The largest absolute Gasteiger partial charge is 0.471 e. The number of aromatic nitrogens is 2. The molecule has 62 heavy (non-hydrogen) atoms. The number of rotatable bonds is 13. The molecule has 5 heterocycles. The predicted molar refractivity (Wildman–Crippen MR) is 237 cm³/mol. The Morgan fingerprint density at radius 1 is 0.903 bits per heavy atom. The molecule has 16 nitrogen and oxygen atoms in total. The Balaban J connectivity index is 1.05. The minimum atomic E-state index is -1.02. The van der Waals surface area contributed by atoms with Crippen LogP contribution in [0.5, 0.6) is 5.75 Å². The summed E-state index contributed by atoms with van der Waals surface area (Å²) in [6.07, 6.45) is 5.72. The van der Waals surface area contributed by atoms with Gasteiger partial charge in [-0.2, -0.15) is 0 Å². The van der Waals surface area contributed by atoms with Gasteiger partial charge in [-0.05, 0) is 113 Å². The third-order valence-electron chi connectivity index (χ3n) is 11.7. The highest BCUT2D eigenvalue weighted by Gasteiger charge is 2.34. The van der Waals surface area contributed by atoms with Gasteiger partial charge < -0.3 is 50.4 Å². The molecule has 0 bridgehead atoms. The fourth-order valence-electron chi connectivity index (χ4n) is 8.49. The maximum absolute atomic E-state index is 14.5. The summed E-state index contributed by atoms with van der Waals surface area (Å²) in [4.78, 5) is 81.0. The molecule has 0 unspecified atom stereocenters. The Morgan fingerprint density at radius 2 is 1.65 bits per heavy atom. The first-order chi connectivity index (χ1) is 29.8. The van der Waals surface area contributed by atoms with Crippen molar-refractivity contribution in [3.05, 3.63) is 94.0 Å². The number of hydrogen-bond donors (Lipinski definition) is 5. The van der Waals surface area contributed by atoms with E-state index in [4.69, 9.17) is 9.47 Å². The van der Waals surface area contributed by atoms with Gasteiger partial charge in [0.15, 0.2) is 6.73 Å². The van der Waals surface area contributed by atoms with E-state index in [1.807, 2.05) is 61.5 Å². The molecule has 2 fully saturated rings. The maximum atomic E-state index is 14.5. The number of piperazine rings is 1. The Morgan fingerprint density at radius 3 is 2.39 bits per heavy atom. The number of nitrogens with one attached hydrogen (secondary N) is 5. The monoisotopic (exact) mass is 849 g/mol. The molecule has 5 N–H and O–H groups in total. The molecule has 2 aromatic carbocycles. The predicted octanol–water partition coefficient (Wildman–Crippen LogP) is 5.02. The summed E-state index contributed by atoms with van der Waals surface area (Å²) >= 11 is 0. The van der Waals surface area contributed by atoms with Crippen LogP contribution in [0.2, 0.25) is 0 Å². The molecule has 5 amide bonds. The Bertz CT molecular complexity index is 2280. The highest BCUT2D eigenvalue weighted by molar-refractivity contribution is 5.92. The summed E-state index contributed by atoms with van der Waals surface area (Å²) in [6, 6.07) is 15.1. The summed E-state index contributed by atoms with van der Waals surface area (Å²) in [5.74, 6) is -0.0207. The highest BCUT2D eigenvalue weighted by atomic mass is 16.6. The van der Waals surface area contributed by atoms with Gasteiger partial charge in [0.25, 0.3) is 5.56 Å². The van der Waals surface area contributed by atoms with Crippen LogP contribution in [0.25, 0.3) is 10.9 Å². The molecule has 0 spiro atoms. The molecule has 16 heteroatoms. The number of carbonyl (C=O) groups excluding carboxylic acids is 4. The molecule has 0 radical (unpaired) electrons. The summed E-state index contributed by atoms with van der Waals surface area (Å²) in [5, 5.41) is 13.0. The summed E-state index contributed by atoms with van der Waals surface area (Å²) in [6.45, 7) is 11.0. The molecule has 4 aromatic rings. The molecule has 0 aliphatic carbocycles. The number of fused-ring (bicyclic) bond motifs is 2. The van der Waals surface area contributed by atoms with Crippen molar-refractivity contribution < 1.29 is 28.7 Å². The number of hydrogen-bond acceptors (Lipinski definition) is 10. The van der Waals surface area contributed by atoms with Crippen LogP contribution >= 0.6 is 0 Å². The number of aryl methyl sites for hydroxylation is 1. The van der Waals surface area contributed by atoms with Crippen molar-refractivity contribution in [1.29, 1.82) is 0 Å². The van der Waals surface area contributed by atoms with Crippen LogP contribution < -0.4 is 36.5 Å². The van der Waals surface area contributed by atoms with E-state index < -0.39 is 35.7 Å². The second-order valence-corrected chi connectivity index (χ2v) is 17.4. The number of anilines is 2. The van der Waals surface area contributed by atoms with Crippen molar-refractivity contribution in [2.24, 2.45) is 0 Å². The van der Waals surface area contributed by atoms with E-state index in [0.29, 0.717) is 96.0 Å². The Hall–Kier alpha value is -6.32. The van der Waals surface area contributed by atoms with Crippen LogP contribution in [-0.2, 0) is 20.7 Å². The number of unbranched alkanes of at least 4 members (excludes halogenated alkanes) is 1. The van der Waals surface area contributed by atoms with Crippen molar-refractivity contribution in [2.75, 3.05) is 62.8 Å². The van der Waals surface area contributed by atoms with Gasteiger partial charge in [-0.1, -0.05) is 24.3 Å². The van der Waals surface area contributed by atoms with Crippen LogP contribution in [-0.4, -0.2) is 114 Å². The maximum Gasteiger partial charge on any atom is 0.407 e. The van der Waals surface area contributed by atoms with Gasteiger partial charge in [0, 0.05) is 81.4 Å². The SMILES string of the molecule is Cc1cc(C[C@@H](NC(=O)N2CCC(c3cc4ccccc4[nH]c3=O)CC2)C(=O)N[C@@H](CCCCNC(=O)OC(C)(C)C)C(=O)N2CCN(c3ccncc3)CC2)cc2c1NCO2. The molecule has 3 aliphatic rings. The summed E-state index contributed by atoms with van der Waals surface area (Å²) in [5.41, 5.74) is 4.41. The molecule has 2 saturated heterocycles. The fraction of sp³-hybridized carbons (Fsp3) is 0.478. The molecule has 330 valence electrons. The normalized spacial score (nSPS) is 16.4. The van der Waals surface area contributed by atoms with Gasteiger partial charge in [0.05, 0.1) is 5.69 Å². The summed E-state index contributed by atoms with van der Waals surface area (Å²) in [7, 11) is 0. The minimum Gasteiger partial charge on any atom is -0.471 e. The van der Waals surface area contributed by atoms with Crippen molar-refractivity contribution in [2.45, 2.75) is 89.8 Å². The van der Waals surface area contributed by atoms with Crippen LogP contribution in [0.4, 0.5) is 21.0 Å². The van der Waals surface area contributed by atoms with Gasteiger partial charge in [0.1, 0.15) is 23.4 Å². The molecule has 0 saturated carbocycles. The van der Waals surface area contributed by atoms with Crippen LogP contribution in [0.15, 0.2) is 71.8 Å². The number of ether oxygens (including phenoxy) is 2. The molecular formula is C46H59N9O7. The van der Waals surface area contributed by atoms with Gasteiger partial charge in [-0.3, -0.25) is 19.4 Å². The molecule has 3 aliphatic heterocycles. The van der Waals surface area contributed by atoms with Crippen LogP contribution in [0.3, 0.4) is 0 Å². The molecular weight excluding hydrogens is 791 g/mol. The zero-order valence-corrected chi connectivity index (χ0v) is 36.1. The Kier molecular flexibility index (Phi) is 13.8. The van der Waals surface area contributed by atoms with Crippen molar-refractivity contribution in [1.82, 2.24) is 35.7 Å². The highest BCUT2D eigenvalue weighted by Crippen LogP contribution is 2.34. The zero-order valence-electron chi connectivity index (χ0n) is 36.1. The number of piperidine rings is 1. The number of amides is 5. The first-order valence-electron chi connectivity index (χ1n) is 21.7. The number of alkyl carbamates (subject to hydrolysis) is 1. The lowest BCUT2D eigenvalue weighted by molar-refractivity contribution is -0.137. The van der Waals surface area contributed by atoms with Gasteiger partial charge >= 0.3 is 12.1 Å². The van der Waals surface area contributed by atoms with E-state index in [0.717, 1.165) is 33.4 Å². The second kappa shape index (κ2) is 19.6. The fourth-order valence-corrected chi connectivity index (χ4v) is 8.49. The number of nitrogens with zero attached hydrogens (tertiary/aromatic N) is 4. The molecule has 7 rings (SSSR count). The average Bonchev–Trinajstić information content (AvgIpc) is 3.74. The number of H-pyrrole nitrogens is 1. The van der Waals surface area contributed by atoms with Crippen molar-refractivity contribution in [3.63, 3.8) is 0 Å². The van der Waals surface area contributed by atoms with E-state index in [-0.39, 0.29) is 23.8 Å². The van der Waals surface area contributed by atoms with Crippen molar-refractivity contribution in [3.8, 4) is 5.75 Å². The third kappa shape index (κ3) is 11.1. The van der Waals surface area contributed by atoms with Crippen LogP contribution in [0, 0.1) is 6.92 Å².